The highest BCUT2D eigenvalue weighted by atomic mass is 19.1. The Hall–Kier alpha value is -2.16. The summed E-state index contributed by atoms with van der Waals surface area (Å²) in [6.45, 7) is 6.26. The maximum absolute atomic E-state index is 13.5. The first-order chi connectivity index (χ1) is 9.52. The van der Waals surface area contributed by atoms with Crippen molar-refractivity contribution >= 4 is 6.29 Å². The van der Waals surface area contributed by atoms with E-state index in [1.165, 1.54) is 17.7 Å². The van der Waals surface area contributed by atoms with Crippen molar-refractivity contribution in [1.82, 2.24) is 0 Å². The summed E-state index contributed by atoms with van der Waals surface area (Å²) in [5, 5.41) is 0. The number of aldehydes is 1. The minimum atomic E-state index is -0.576. The largest absolute Gasteiger partial charge is 0.457 e. The van der Waals surface area contributed by atoms with E-state index in [2.05, 4.69) is 13.8 Å². The Bertz CT molecular complexity index is 633. The van der Waals surface area contributed by atoms with Crippen molar-refractivity contribution in [2.45, 2.75) is 26.7 Å². The standard InChI is InChI=1S/C17H17FO2/c1-11(2)14-8-7-13(9-12(14)3)20-17-6-4-5-16(18)15(17)10-19/h4-11H,1-3H3. The molecule has 0 fully saturated rings. The molecule has 0 amide bonds. The van der Waals surface area contributed by atoms with Crippen LogP contribution in [0.25, 0.3) is 0 Å². The Morgan fingerprint density at radius 2 is 1.95 bits per heavy atom. The Morgan fingerprint density at radius 1 is 1.20 bits per heavy atom. The lowest BCUT2D eigenvalue weighted by Gasteiger charge is -2.13. The van der Waals surface area contributed by atoms with Gasteiger partial charge in [-0.3, -0.25) is 4.79 Å². The van der Waals surface area contributed by atoms with Gasteiger partial charge in [0.15, 0.2) is 6.29 Å². The second-order valence-electron chi connectivity index (χ2n) is 5.04. The van der Waals surface area contributed by atoms with E-state index in [0.29, 0.717) is 18.0 Å². The van der Waals surface area contributed by atoms with E-state index in [1.807, 2.05) is 25.1 Å². The minimum absolute atomic E-state index is 0.0573. The summed E-state index contributed by atoms with van der Waals surface area (Å²) in [5.74, 6) is 0.689. The number of benzene rings is 2. The predicted molar refractivity (Wildman–Crippen MR) is 77.1 cm³/mol. The molecule has 2 nitrogen and oxygen atoms in total. The molecule has 0 saturated carbocycles. The predicted octanol–water partition coefficient (Wildman–Crippen LogP) is 4.86. The molecule has 3 heteroatoms. The SMILES string of the molecule is Cc1cc(Oc2cccc(F)c2C=O)ccc1C(C)C. The van der Waals surface area contributed by atoms with Gasteiger partial charge in [-0.15, -0.1) is 0 Å². The average molecular weight is 272 g/mol. The lowest BCUT2D eigenvalue weighted by molar-refractivity contribution is 0.111. The van der Waals surface area contributed by atoms with Gasteiger partial charge in [-0.2, -0.15) is 0 Å². The van der Waals surface area contributed by atoms with Crippen molar-refractivity contribution in [2.24, 2.45) is 0 Å². The number of aryl methyl sites for hydroxylation is 1. The van der Waals surface area contributed by atoms with Crippen molar-refractivity contribution in [3.8, 4) is 11.5 Å². The van der Waals surface area contributed by atoms with Gasteiger partial charge in [0.2, 0.25) is 0 Å². The van der Waals surface area contributed by atoms with Crippen LogP contribution in [0.1, 0.15) is 41.3 Å². The molecule has 0 aliphatic heterocycles. The third kappa shape index (κ3) is 2.87. The fraction of sp³-hybridized carbons (Fsp3) is 0.235. The molecule has 0 aliphatic carbocycles. The fourth-order valence-corrected chi connectivity index (χ4v) is 2.21. The molecule has 0 aromatic heterocycles. The first kappa shape index (κ1) is 14.3. The lowest BCUT2D eigenvalue weighted by atomic mass is 9.98. The molecule has 0 aliphatic rings. The molecule has 0 radical (unpaired) electrons. The van der Waals surface area contributed by atoms with Gasteiger partial charge in [-0.05, 0) is 48.2 Å². The highest BCUT2D eigenvalue weighted by Crippen LogP contribution is 2.29. The number of ether oxygens (including phenoxy) is 1. The van der Waals surface area contributed by atoms with E-state index < -0.39 is 5.82 Å². The molecule has 104 valence electrons. The van der Waals surface area contributed by atoms with E-state index >= 15 is 0 Å². The molecule has 2 rings (SSSR count). The summed E-state index contributed by atoms with van der Waals surface area (Å²) in [5.41, 5.74) is 2.30. The van der Waals surface area contributed by atoms with Gasteiger partial charge in [-0.1, -0.05) is 26.0 Å². The topological polar surface area (TPSA) is 26.3 Å². The summed E-state index contributed by atoms with van der Waals surface area (Å²) < 4.78 is 19.1. The van der Waals surface area contributed by atoms with Crippen LogP contribution in [0.2, 0.25) is 0 Å². The summed E-state index contributed by atoms with van der Waals surface area (Å²) in [6.07, 6.45) is 0.472. The van der Waals surface area contributed by atoms with E-state index in [-0.39, 0.29) is 11.3 Å². The van der Waals surface area contributed by atoms with Crippen LogP contribution in [0.15, 0.2) is 36.4 Å². The molecule has 0 heterocycles. The molecule has 0 N–H and O–H groups in total. The van der Waals surface area contributed by atoms with Crippen LogP contribution in [0.5, 0.6) is 11.5 Å². The van der Waals surface area contributed by atoms with Gasteiger partial charge in [-0.25, -0.2) is 4.39 Å². The molecule has 0 atom stereocenters. The van der Waals surface area contributed by atoms with Crippen LogP contribution in [0.3, 0.4) is 0 Å². The Labute approximate surface area is 118 Å². The van der Waals surface area contributed by atoms with Gasteiger partial charge in [0.1, 0.15) is 17.3 Å². The van der Waals surface area contributed by atoms with E-state index in [9.17, 15) is 9.18 Å². The zero-order valence-electron chi connectivity index (χ0n) is 11.8. The van der Waals surface area contributed by atoms with Gasteiger partial charge < -0.3 is 4.74 Å². The van der Waals surface area contributed by atoms with Crippen LogP contribution < -0.4 is 4.74 Å². The summed E-state index contributed by atoms with van der Waals surface area (Å²) in [4.78, 5) is 10.9. The zero-order valence-corrected chi connectivity index (χ0v) is 11.8. The van der Waals surface area contributed by atoms with Crippen molar-refractivity contribution < 1.29 is 13.9 Å². The first-order valence-electron chi connectivity index (χ1n) is 6.55. The van der Waals surface area contributed by atoms with Crippen molar-refractivity contribution in [3.63, 3.8) is 0 Å². The summed E-state index contributed by atoms with van der Waals surface area (Å²) in [7, 11) is 0. The highest BCUT2D eigenvalue weighted by molar-refractivity contribution is 5.79. The summed E-state index contributed by atoms with van der Waals surface area (Å²) >= 11 is 0. The monoisotopic (exact) mass is 272 g/mol. The number of rotatable bonds is 4. The number of halogens is 1. The van der Waals surface area contributed by atoms with E-state index in [4.69, 9.17) is 4.74 Å². The molecule has 0 unspecified atom stereocenters. The van der Waals surface area contributed by atoms with Gasteiger partial charge in [0, 0.05) is 0 Å². The molecular weight excluding hydrogens is 255 g/mol. The zero-order chi connectivity index (χ0) is 14.7. The Balaban J connectivity index is 2.34. The van der Waals surface area contributed by atoms with E-state index in [0.717, 1.165) is 5.56 Å². The van der Waals surface area contributed by atoms with Gasteiger partial charge in [0.25, 0.3) is 0 Å². The molecule has 2 aromatic rings. The van der Waals surface area contributed by atoms with E-state index in [1.54, 1.807) is 6.07 Å². The molecule has 0 saturated heterocycles. The number of hydrogen-bond donors (Lipinski definition) is 0. The number of carbonyl (C=O) groups excluding carboxylic acids is 1. The number of carbonyl (C=O) groups is 1. The lowest BCUT2D eigenvalue weighted by Crippen LogP contribution is -1.96. The Kier molecular flexibility index (Phi) is 4.18. The third-order valence-corrected chi connectivity index (χ3v) is 3.22. The number of hydrogen-bond acceptors (Lipinski definition) is 2. The molecule has 0 spiro atoms. The van der Waals surface area contributed by atoms with Gasteiger partial charge >= 0.3 is 0 Å². The summed E-state index contributed by atoms with van der Waals surface area (Å²) in [6, 6.07) is 10.1. The van der Waals surface area contributed by atoms with Crippen LogP contribution >= 0.6 is 0 Å². The van der Waals surface area contributed by atoms with Crippen molar-refractivity contribution in [3.05, 3.63) is 58.9 Å². The van der Waals surface area contributed by atoms with Crippen LogP contribution in [-0.2, 0) is 0 Å². The van der Waals surface area contributed by atoms with Crippen LogP contribution in [0, 0.1) is 12.7 Å². The molecule has 2 aromatic carbocycles. The maximum Gasteiger partial charge on any atom is 0.156 e. The molecule has 20 heavy (non-hydrogen) atoms. The quantitative estimate of drug-likeness (QED) is 0.743. The normalized spacial score (nSPS) is 10.7. The van der Waals surface area contributed by atoms with Gasteiger partial charge in [0.05, 0.1) is 5.56 Å². The minimum Gasteiger partial charge on any atom is -0.457 e. The maximum atomic E-state index is 13.5. The average Bonchev–Trinajstić information content (AvgIpc) is 2.38. The van der Waals surface area contributed by atoms with Crippen LogP contribution in [0.4, 0.5) is 4.39 Å². The molecule has 0 bridgehead atoms. The van der Waals surface area contributed by atoms with Crippen molar-refractivity contribution in [1.29, 1.82) is 0 Å². The van der Waals surface area contributed by atoms with Crippen molar-refractivity contribution in [2.75, 3.05) is 0 Å². The molecular formula is C17H17FO2. The fourth-order valence-electron chi connectivity index (χ4n) is 2.21. The van der Waals surface area contributed by atoms with Crippen LogP contribution in [-0.4, -0.2) is 6.29 Å². The smallest absolute Gasteiger partial charge is 0.156 e. The second kappa shape index (κ2) is 5.87. The Morgan fingerprint density at radius 3 is 2.55 bits per heavy atom. The third-order valence-electron chi connectivity index (χ3n) is 3.22. The highest BCUT2D eigenvalue weighted by Gasteiger charge is 2.10. The first-order valence-corrected chi connectivity index (χ1v) is 6.55. The second-order valence-corrected chi connectivity index (χ2v) is 5.04.